The maximum Gasteiger partial charge on any atom is 0.138 e. The number of para-hydroxylation sites is 1. The average molecular weight is 249 g/mol. The largest absolute Gasteiger partial charge is 0.397 e. The van der Waals surface area contributed by atoms with Gasteiger partial charge in [-0.15, -0.1) is 0 Å². The summed E-state index contributed by atoms with van der Waals surface area (Å²) in [4.78, 5) is 4.25. The summed E-state index contributed by atoms with van der Waals surface area (Å²) in [5, 5.41) is 18.8. The van der Waals surface area contributed by atoms with Crippen molar-refractivity contribution in [2.75, 3.05) is 12.3 Å². The molecule has 0 amide bonds. The number of aliphatic hydroxyl groups excluding tert-OH is 2. The van der Waals surface area contributed by atoms with E-state index in [9.17, 15) is 5.11 Å². The third-order valence-corrected chi connectivity index (χ3v) is 3.33. The van der Waals surface area contributed by atoms with Crippen LogP contribution in [0.4, 0.5) is 5.69 Å². The van der Waals surface area contributed by atoms with Crippen LogP contribution in [-0.2, 0) is 4.74 Å². The fraction of sp³-hybridized carbons (Fsp3) is 0.417. The van der Waals surface area contributed by atoms with Crippen LogP contribution in [0.25, 0.3) is 11.0 Å². The highest BCUT2D eigenvalue weighted by molar-refractivity contribution is 5.87. The van der Waals surface area contributed by atoms with Gasteiger partial charge in [0.15, 0.2) is 0 Å². The number of rotatable bonds is 2. The normalized spacial score (nSPS) is 28.0. The molecule has 1 fully saturated rings. The zero-order valence-electron chi connectivity index (χ0n) is 9.73. The van der Waals surface area contributed by atoms with Gasteiger partial charge in [0.05, 0.1) is 30.2 Å². The second-order valence-corrected chi connectivity index (χ2v) is 4.48. The van der Waals surface area contributed by atoms with Gasteiger partial charge in [0.25, 0.3) is 0 Å². The van der Waals surface area contributed by atoms with E-state index in [1.807, 2.05) is 16.7 Å². The number of nitrogens with two attached hydrogens (primary N) is 1. The molecule has 6 nitrogen and oxygen atoms in total. The molecule has 6 heteroatoms. The van der Waals surface area contributed by atoms with Crippen LogP contribution in [0.15, 0.2) is 24.5 Å². The van der Waals surface area contributed by atoms with Gasteiger partial charge in [-0.05, 0) is 12.1 Å². The Balaban J connectivity index is 1.99. The first-order valence-corrected chi connectivity index (χ1v) is 5.86. The van der Waals surface area contributed by atoms with E-state index in [2.05, 4.69) is 4.98 Å². The van der Waals surface area contributed by atoms with Crippen molar-refractivity contribution in [2.45, 2.75) is 24.9 Å². The van der Waals surface area contributed by atoms with Gasteiger partial charge < -0.3 is 25.3 Å². The van der Waals surface area contributed by atoms with Gasteiger partial charge >= 0.3 is 0 Å². The smallest absolute Gasteiger partial charge is 0.138 e. The van der Waals surface area contributed by atoms with Crippen molar-refractivity contribution in [3.8, 4) is 0 Å². The SMILES string of the molecule is Nc1cccc2c1ncn2[C@H]1C[C@H](O)[C@@H](CO)O1. The van der Waals surface area contributed by atoms with Crippen LogP contribution in [0.2, 0.25) is 0 Å². The zero-order valence-corrected chi connectivity index (χ0v) is 9.73. The van der Waals surface area contributed by atoms with Gasteiger partial charge in [0.2, 0.25) is 0 Å². The Hall–Kier alpha value is -1.63. The number of nitrogens with zero attached hydrogens (tertiary/aromatic N) is 2. The van der Waals surface area contributed by atoms with Crippen molar-refractivity contribution < 1.29 is 14.9 Å². The summed E-state index contributed by atoms with van der Waals surface area (Å²) < 4.78 is 7.44. The fourth-order valence-corrected chi connectivity index (χ4v) is 2.36. The molecule has 0 aliphatic carbocycles. The molecule has 2 heterocycles. The standard InChI is InChI=1S/C12H15N3O3/c13-7-2-1-3-8-12(7)14-6-15(8)11-4-9(17)10(5-16)18-11/h1-3,6,9-11,16-17H,4-5,13H2/t9-,10+,11+/m0/s1. The number of aliphatic hydroxyl groups is 2. The molecule has 0 bridgehead atoms. The summed E-state index contributed by atoms with van der Waals surface area (Å²) in [5.74, 6) is 0. The topological polar surface area (TPSA) is 93.5 Å². The summed E-state index contributed by atoms with van der Waals surface area (Å²) in [6, 6.07) is 5.55. The van der Waals surface area contributed by atoms with Gasteiger partial charge in [-0.1, -0.05) is 6.07 Å². The monoisotopic (exact) mass is 249 g/mol. The van der Waals surface area contributed by atoms with Crippen molar-refractivity contribution in [2.24, 2.45) is 0 Å². The fourth-order valence-electron chi connectivity index (χ4n) is 2.36. The number of hydrogen-bond acceptors (Lipinski definition) is 5. The highest BCUT2D eigenvalue weighted by Crippen LogP contribution is 2.32. The van der Waals surface area contributed by atoms with Crippen molar-refractivity contribution >= 4 is 16.7 Å². The van der Waals surface area contributed by atoms with Crippen LogP contribution in [0.5, 0.6) is 0 Å². The Morgan fingerprint density at radius 1 is 1.50 bits per heavy atom. The van der Waals surface area contributed by atoms with E-state index in [1.165, 1.54) is 0 Å². The van der Waals surface area contributed by atoms with Gasteiger partial charge in [0, 0.05) is 6.42 Å². The number of imidazole rings is 1. The third kappa shape index (κ3) is 1.66. The second kappa shape index (κ2) is 4.24. The molecular weight excluding hydrogens is 234 g/mol. The summed E-state index contributed by atoms with van der Waals surface area (Å²) in [5.41, 5.74) is 8.05. The molecule has 0 unspecified atom stereocenters. The number of fused-ring (bicyclic) bond motifs is 1. The Morgan fingerprint density at radius 2 is 2.33 bits per heavy atom. The van der Waals surface area contributed by atoms with Crippen LogP contribution in [0.1, 0.15) is 12.6 Å². The molecule has 4 N–H and O–H groups in total. The molecule has 1 saturated heterocycles. The zero-order chi connectivity index (χ0) is 12.7. The molecule has 3 atom stereocenters. The first kappa shape index (κ1) is 11.5. The molecular formula is C12H15N3O3. The molecule has 2 aromatic rings. The van der Waals surface area contributed by atoms with E-state index in [1.54, 1.807) is 12.4 Å². The number of anilines is 1. The Labute approximate surface area is 104 Å². The number of ether oxygens (including phenoxy) is 1. The lowest BCUT2D eigenvalue weighted by molar-refractivity contribution is -0.0430. The van der Waals surface area contributed by atoms with Crippen LogP contribution in [0.3, 0.4) is 0 Å². The van der Waals surface area contributed by atoms with Crippen LogP contribution in [0, 0.1) is 0 Å². The molecule has 1 aliphatic rings. The van der Waals surface area contributed by atoms with E-state index >= 15 is 0 Å². The number of hydrogen-bond donors (Lipinski definition) is 3. The van der Waals surface area contributed by atoms with Crippen molar-refractivity contribution in [1.29, 1.82) is 0 Å². The third-order valence-electron chi connectivity index (χ3n) is 3.33. The predicted molar refractivity (Wildman–Crippen MR) is 65.8 cm³/mol. The van der Waals surface area contributed by atoms with Crippen LogP contribution in [-0.4, -0.2) is 38.6 Å². The lowest BCUT2D eigenvalue weighted by Gasteiger charge is -2.14. The van der Waals surface area contributed by atoms with Crippen LogP contribution >= 0.6 is 0 Å². The van der Waals surface area contributed by atoms with Crippen molar-refractivity contribution in [3.05, 3.63) is 24.5 Å². The Morgan fingerprint density at radius 3 is 3.06 bits per heavy atom. The molecule has 1 aromatic carbocycles. The minimum atomic E-state index is -0.654. The highest BCUT2D eigenvalue weighted by atomic mass is 16.5. The lowest BCUT2D eigenvalue weighted by atomic mass is 10.2. The van der Waals surface area contributed by atoms with E-state index in [0.717, 1.165) is 11.0 Å². The lowest BCUT2D eigenvalue weighted by Crippen LogP contribution is -2.24. The Kier molecular flexibility index (Phi) is 2.70. The maximum atomic E-state index is 9.74. The second-order valence-electron chi connectivity index (χ2n) is 4.48. The maximum absolute atomic E-state index is 9.74. The van der Waals surface area contributed by atoms with Crippen molar-refractivity contribution in [3.63, 3.8) is 0 Å². The molecule has 1 aliphatic heterocycles. The Bertz CT molecular complexity index is 569. The average Bonchev–Trinajstić information content (AvgIpc) is 2.93. The summed E-state index contributed by atoms with van der Waals surface area (Å²) in [6.45, 7) is -0.188. The minimum Gasteiger partial charge on any atom is -0.397 e. The molecule has 1 aromatic heterocycles. The van der Waals surface area contributed by atoms with Gasteiger partial charge in [-0.25, -0.2) is 4.98 Å². The minimum absolute atomic E-state index is 0.188. The summed E-state index contributed by atoms with van der Waals surface area (Å²) >= 11 is 0. The van der Waals surface area contributed by atoms with E-state index in [4.69, 9.17) is 15.6 Å². The van der Waals surface area contributed by atoms with Gasteiger partial charge in [-0.2, -0.15) is 0 Å². The quantitative estimate of drug-likeness (QED) is 0.664. The van der Waals surface area contributed by atoms with Gasteiger partial charge in [0.1, 0.15) is 17.8 Å². The first-order chi connectivity index (χ1) is 8.70. The molecule has 18 heavy (non-hydrogen) atoms. The summed E-state index contributed by atoms with van der Waals surface area (Å²) in [6.07, 6.45) is 0.583. The number of nitrogen functional groups attached to an aromatic ring is 1. The molecule has 0 radical (unpaired) electrons. The number of aromatic nitrogens is 2. The molecule has 0 saturated carbocycles. The van der Waals surface area contributed by atoms with Gasteiger partial charge in [-0.3, -0.25) is 0 Å². The highest BCUT2D eigenvalue weighted by Gasteiger charge is 2.34. The van der Waals surface area contributed by atoms with Crippen LogP contribution < -0.4 is 5.73 Å². The van der Waals surface area contributed by atoms with E-state index in [0.29, 0.717) is 12.1 Å². The van der Waals surface area contributed by atoms with Crippen molar-refractivity contribution in [1.82, 2.24) is 9.55 Å². The first-order valence-electron chi connectivity index (χ1n) is 5.86. The predicted octanol–water partition coefficient (Wildman–Crippen LogP) is 0.259. The van der Waals surface area contributed by atoms with E-state index in [-0.39, 0.29) is 12.8 Å². The molecule has 0 spiro atoms. The molecule has 3 rings (SSSR count). The molecule has 96 valence electrons. The van der Waals surface area contributed by atoms with E-state index < -0.39 is 12.2 Å². The summed E-state index contributed by atoms with van der Waals surface area (Å²) in [7, 11) is 0. The number of benzene rings is 1.